The standard InChI is InChI=1S/C13H19N3O2/c1-11-2-4-12(5-3-11)15-13(17)10-14-16-6-8-18-9-7-16/h2-5,14H,6-10H2,1H3,(H,15,17). The number of amides is 1. The van der Waals surface area contributed by atoms with Gasteiger partial charge in [-0.1, -0.05) is 17.7 Å². The first-order valence-corrected chi connectivity index (χ1v) is 6.17. The van der Waals surface area contributed by atoms with Crippen molar-refractivity contribution >= 4 is 11.6 Å². The minimum atomic E-state index is -0.0367. The molecule has 5 nitrogen and oxygen atoms in total. The minimum absolute atomic E-state index is 0.0367. The highest BCUT2D eigenvalue weighted by atomic mass is 16.5. The minimum Gasteiger partial charge on any atom is -0.379 e. The molecule has 0 unspecified atom stereocenters. The summed E-state index contributed by atoms with van der Waals surface area (Å²) in [5, 5.41) is 4.86. The Labute approximate surface area is 107 Å². The Morgan fingerprint density at radius 1 is 1.28 bits per heavy atom. The fraction of sp³-hybridized carbons (Fsp3) is 0.462. The molecule has 0 radical (unpaired) electrons. The van der Waals surface area contributed by atoms with Crippen molar-refractivity contribution in [1.82, 2.24) is 10.4 Å². The summed E-state index contributed by atoms with van der Waals surface area (Å²) in [6.45, 7) is 5.37. The van der Waals surface area contributed by atoms with Crippen molar-refractivity contribution in [3.05, 3.63) is 29.8 Å². The summed E-state index contributed by atoms with van der Waals surface area (Å²) in [6.07, 6.45) is 0. The molecule has 1 heterocycles. The number of rotatable bonds is 4. The van der Waals surface area contributed by atoms with Crippen LogP contribution in [0.2, 0.25) is 0 Å². The third kappa shape index (κ3) is 4.10. The Kier molecular flexibility index (Phi) is 4.69. The van der Waals surface area contributed by atoms with Crippen LogP contribution in [0.15, 0.2) is 24.3 Å². The topological polar surface area (TPSA) is 53.6 Å². The lowest BCUT2D eigenvalue weighted by molar-refractivity contribution is -0.116. The molecule has 2 rings (SSSR count). The Bertz CT molecular complexity index is 386. The van der Waals surface area contributed by atoms with Crippen molar-refractivity contribution in [3.63, 3.8) is 0 Å². The van der Waals surface area contributed by atoms with Gasteiger partial charge in [0, 0.05) is 18.8 Å². The van der Waals surface area contributed by atoms with Gasteiger partial charge in [0.25, 0.3) is 0 Å². The molecular weight excluding hydrogens is 230 g/mol. The Morgan fingerprint density at radius 2 is 1.94 bits per heavy atom. The number of carbonyl (C=O) groups is 1. The van der Waals surface area contributed by atoms with Crippen molar-refractivity contribution in [1.29, 1.82) is 0 Å². The molecule has 0 aromatic heterocycles. The molecule has 0 aliphatic carbocycles. The average molecular weight is 249 g/mol. The molecule has 1 aromatic carbocycles. The van der Waals surface area contributed by atoms with E-state index in [4.69, 9.17) is 4.74 Å². The number of morpholine rings is 1. The number of carbonyl (C=O) groups excluding carboxylic acids is 1. The van der Waals surface area contributed by atoms with E-state index in [1.165, 1.54) is 5.56 Å². The third-order valence-electron chi connectivity index (χ3n) is 2.81. The monoisotopic (exact) mass is 249 g/mol. The van der Waals surface area contributed by atoms with E-state index in [0.29, 0.717) is 13.2 Å². The van der Waals surface area contributed by atoms with E-state index in [1.54, 1.807) is 0 Å². The number of ether oxygens (including phenoxy) is 1. The van der Waals surface area contributed by atoms with Crippen LogP contribution in [0, 0.1) is 6.92 Å². The van der Waals surface area contributed by atoms with Crippen LogP contribution in [0.5, 0.6) is 0 Å². The van der Waals surface area contributed by atoms with E-state index < -0.39 is 0 Å². The summed E-state index contributed by atoms with van der Waals surface area (Å²) in [6, 6.07) is 7.76. The van der Waals surface area contributed by atoms with Crippen LogP contribution in [-0.4, -0.2) is 43.8 Å². The number of aryl methyl sites for hydroxylation is 1. The summed E-state index contributed by atoms with van der Waals surface area (Å²) in [5.41, 5.74) is 5.10. The van der Waals surface area contributed by atoms with E-state index in [1.807, 2.05) is 36.2 Å². The van der Waals surface area contributed by atoms with Crippen molar-refractivity contribution < 1.29 is 9.53 Å². The number of anilines is 1. The van der Waals surface area contributed by atoms with Gasteiger partial charge in [-0.3, -0.25) is 4.79 Å². The number of hydrazine groups is 1. The molecule has 1 saturated heterocycles. The maximum Gasteiger partial charge on any atom is 0.239 e. The number of nitrogens with zero attached hydrogens (tertiary/aromatic N) is 1. The van der Waals surface area contributed by atoms with E-state index in [2.05, 4.69) is 10.7 Å². The van der Waals surface area contributed by atoms with E-state index >= 15 is 0 Å². The maximum atomic E-state index is 11.7. The smallest absolute Gasteiger partial charge is 0.239 e. The first kappa shape index (κ1) is 13.0. The van der Waals surface area contributed by atoms with Crippen molar-refractivity contribution in [2.45, 2.75) is 6.92 Å². The molecule has 1 amide bonds. The molecule has 5 heteroatoms. The highest BCUT2D eigenvalue weighted by molar-refractivity contribution is 5.92. The SMILES string of the molecule is Cc1ccc(NC(=O)CNN2CCOCC2)cc1. The predicted molar refractivity (Wildman–Crippen MR) is 70.2 cm³/mol. The predicted octanol–water partition coefficient (Wildman–Crippen LogP) is 0.770. The van der Waals surface area contributed by atoms with Gasteiger partial charge in [0.2, 0.25) is 5.91 Å². The largest absolute Gasteiger partial charge is 0.379 e. The van der Waals surface area contributed by atoms with Crippen LogP contribution in [0.1, 0.15) is 5.56 Å². The average Bonchev–Trinajstić information content (AvgIpc) is 2.40. The van der Waals surface area contributed by atoms with Crippen LogP contribution in [0.3, 0.4) is 0 Å². The summed E-state index contributed by atoms with van der Waals surface area (Å²) < 4.78 is 5.23. The zero-order valence-electron chi connectivity index (χ0n) is 10.6. The van der Waals surface area contributed by atoms with Crippen LogP contribution in [0.25, 0.3) is 0 Å². The molecule has 0 saturated carbocycles. The van der Waals surface area contributed by atoms with Gasteiger partial charge >= 0.3 is 0 Å². The van der Waals surface area contributed by atoms with E-state index in [0.717, 1.165) is 18.8 Å². The van der Waals surface area contributed by atoms with Crippen LogP contribution in [0.4, 0.5) is 5.69 Å². The normalized spacial score (nSPS) is 16.5. The number of hydrogen-bond donors (Lipinski definition) is 2. The molecule has 1 aliphatic heterocycles. The molecule has 2 N–H and O–H groups in total. The number of nitrogens with one attached hydrogen (secondary N) is 2. The lowest BCUT2D eigenvalue weighted by atomic mass is 10.2. The van der Waals surface area contributed by atoms with Gasteiger partial charge in [0.1, 0.15) is 0 Å². The van der Waals surface area contributed by atoms with Crippen molar-refractivity contribution in [2.24, 2.45) is 0 Å². The fourth-order valence-electron chi connectivity index (χ4n) is 1.75. The number of hydrogen-bond acceptors (Lipinski definition) is 4. The molecule has 1 aromatic rings. The fourth-order valence-corrected chi connectivity index (χ4v) is 1.75. The van der Waals surface area contributed by atoms with E-state index in [9.17, 15) is 4.79 Å². The zero-order valence-corrected chi connectivity index (χ0v) is 10.6. The van der Waals surface area contributed by atoms with Crippen LogP contribution < -0.4 is 10.7 Å². The summed E-state index contributed by atoms with van der Waals surface area (Å²) in [5.74, 6) is -0.0367. The molecule has 0 bridgehead atoms. The summed E-state index contributed by atoms with van der Waals surface area (Å²) in [7, 11) is 0. The second kappa shape index (κ2) is 6.49. The van der Waals surface area contributed by atoms with Gasteiger partial charge in [-0.2, -0.15) is 0 Å². The molecule has 0 spiro atoms. The molecule has 98 valence electrons. The quantitative estimate of drug-likeness (QED) is 0.827. The maximum absolute atomic E-state index is 11.7. The third-order valence-corrected chi connectivity index (χ3v) is 2.81. The van der Waals surface area contributed by atoms with Gasteiger partial charge in [0.05, 0.1) is 19.8 Å². The summed E-state index contributed by atoms with van der Waals surface area (Å²) in [4.78, 5) is 11.7. The second-order valence-electron chi connectivity index (χ2n) is 4.35. The molecule has 1 aliphatic rings. The zero-order chi connectivity index (χ0) is 12.8. The van der Waals surface area contributed by atoms with Gasteiger partial charge in [-0.15, -0.1) is 0 Å². The Balaban J connectivity index is 1.73. The van der Waals surface area contributed by atoms with Crippen molar-refractivity contribution in [3.8, 4) is 0 Å². The summed E-state index contributed by atoms with van der Waals surface area (Å²) >= 11 is 0. The molecule has 1 fully saturated rings. The first-order chi connectivity index (χ1) is 8.74. The number of benzene rings is 1. The molecule has 18 heavy (non-hydrogen) atoms. The molecular formula is C13H19N3O2. The van der Waals surface area contributed by atoms with E-state index in [-0.39, 0.29) is 12.5 Å². The first-order valence-electron chi connectivity index (χ1n) is 6.17. The Hall–Kier alpha value is -1.43. The van der Waals surface area contributed by atoms with Gasteiger partial charge in [-0.25, -0.2) is 10.4 Å². The highest BCUT2D eigenvalue weighted by Crippen LogP contribution is 2.07. The van der Waals surface area contributed by atoms with Gasteiger partial charge in [0.15, 0.2) is 0 Å². The highest BCUT2D eigenvalue weighted by Gasteiger charge is 2.11. The lowest BCUT2D eigenvalue weighted by Crippen LogP contribution is -2.48. The van der Waals surface area contributed by atoms with Crippen molar-refractivity contribution in [2.75, 3.05) is 38.2 Å². The van der Waals surface area contributed by atoms with Gasteiger partial charge < -0.3 is 10.1 Å². The lowest BCUT2D eigenvalue weighted by Gasteiger charge is -2.26. The van der Waals surface area contributed by atoms with Crippen LogP contribution in [-0.2, 0) is 9.53 Å². The Morgan fingerprint density at radius 3 is 2.61 bits per heavy atom. The van der Waals surface area contributed by atoms with Gasteiger partial charge in [-0.05, 0) is 19.1 Å². The van der Waals surface area contributed by atoms with Crippen LogP contribution >= 0.6 is 0 Å². The molecule has 0 atom stereocenters. The second-order valence-corrected chi connectivity index (χ2v) is 4.35.